The third kappa shape index (κ3) is 6.15. The zero-order valence-electron chi connectivity index (χ0n) is 21.6. The van der Waals surface area contributed by atoms with Gasteiger partial charge in [-0.1, -0.05) is 52.5 Å². The molecule has 2 fully saturated rings. The van der Waals surface area contributed by atoms with Crippen LogP contribution in [0.25, 0.3) is 0 Å². The van der Waals surface area contributed by atoms with Gasteiger partial charge in [-0.05, 0) is 48.4 Å². The van der Waals surface area contributed by atoms with E-state index in [1.165, 1.54) is 11.6 Å². The third-order valence-corrected chi connectivity index (χ3v) is 10.7. The Morgan fingerprint density at radius 3 is 2.39 bits per heavy atom. The molecule has 15 heteroatoms. The largest absolute Gasteiger partial charge is 0.493 e. The van der Waals surface area contributed by atoms with Crippen molar-refractivity contribution in [1.82, 2.24) is 9.88 Å². The molecule has 0 radical (unpaired) electrons. The van der Waals surface area contributed by atoms with Crippen LogP contribution in [0.3, 0.4) is 0 Å². The number of fused-ring (bicyclic) bond motifs is 2. The topological polar surface area (TPSA) is 83.1 Å². The summed E-state index contributed by atoms with van der Waals surface area (Å²) in [5, 5.41) is 0. The number of hydrogen-bond acceptors (Lipinski definition) is 8. The number of likely N-dealkylation sites (tertiary alicyclic amines) is 1. The average molecular weight is 633 g/mol. The first-order valence-corrected chi connectivity index (χ1v) is 15.2. The Bertz CT molecular complexity index is 1510. The lowest BCUT2D eigenvalue weighted by Gasteiger charge is -2.43. The second-order valence-corrected chi connectivity index (χ2v) is 13.7. The van der Waals surface area contributed by atoms with Crippen molar-refractivity contribution in [3.05, 3.63) is 70.4 Å². The van der Waals surface area contributed by atoms with Crippen molar-refractivity contribution in [2.24, 2.45) is 11.8 Å². The molecule has 1 aromatic carbocycles. The first kappa shape index (κ1) is 29.5. The van der Waals surface area contributed by atoms with Crippen molar-refractivity contribution in [1.29, 1.82) is 0 Å². The summed E-state index contributed by atoms with van der Waals surface area (Å²) in [7, 11) is -3.18. The minimum atomic E-state index is -5.52. The molecule has 3 heterocycles. The van der Waals surface area contributed by atoms with Gasteiger partial charge in [0, 0.05) is 32.7 Å². The van der Waals surface area contributed by atoms with Crippen LogP contribution in [0.5, 0.6) is 0 Å². The number of thiophene rings is 1. The standard InChI is InChI=1S/C26H25ClF4N4O4S2/c1-33(23-17-10-11-18(23)15-34(14-17)13-16-6-3-2-4-7-16)19-12-22(40-24(19)27)41(37,38)35(39-25(36)26(29,30)31)21-9-5-8-20(28)32-21/h2-9,12,17-18,23H,10-11,13-15H2,1H3/t17-,18+,23-. The van der Waals surface area contributed by atoms with Crippen molar-refractivity contribution >= 4 is 50.4 Å². The monoisotopic (exact) mass is 632 g/mol. The van der Waals surface area contributed by atoms with Crippen LogP contribution in [-0.2, 0) is 26.2 Å². The molecule has 220 valence electrons. The number of nitrogens with zero attached hydrogens (tertiary/aromatic N) is 4. The van der Waals surface area contributed by atoms with Crippen LogP contribution in [0.1, 0.15) is 18.4 Å². The van der Waals surface area contributed by atoms with E-state index in [0.29, 0.717) is 28.9 Å². The zero-order valence-corrected chi connectivity index (χ0v) is 24.0. The normalized spacial score (nSPS) is 21.1. The lowest BCUT2D eigenvalue weighted by atomic mass is 9.90. The van der Waals surface area contributed by atoms with Crippen molar-refractivity contribution in [2.75, 3.05) is 29.5 Å². The number of halogens is 5. The number of sulfonamides is 1. The number of rotatable bonds is 8. The van der Waals surface area contributed by atoms with Gasteiger partial charge < -0.3 is 9.74 Å². The molecule has 1 saturated carbocycles. The van der Waals surface area contributed by atoms with Gasteiger partial charge in [0.25, 0.3) is 0 Å². The van der Waals surface area contributed by atoms with E-state index in [2.05, 4.69) is 26.9 Å². The van der Waals surface area contributed by atoms with E-state index in [9.17, 15) is 30.8 Å². The lowest BCUT2D eigenvalue weighted by Crippen LogP contribution is -2.51. The molecule has 0 spiro atoms. The van der Waals surface area contributed by atoms with Gasteiger partial charge in [-0.25, -0.2) is 4.79 Å². The Hall–Kier alpha value is -2.94. The molecule has 8 nitrogen and oxygen atoms in total. The van der Waals surface area contributed by atoms with E-state index in [1.807, 2.05) is 30.1 Å². The van der Waals surface area contributed by atoms with Gasteiger partial charge in [0.05, 0.1) is 5.69 Å². The van der Waals surface area contributed by atoms with Crippen molar-refractivity contribution in [3.8, 4) is 0 Å². The van der Waals surface area contributed by atoms with Crippen LogP contribution in [0.4, 0.5) is 29.1 Å². The number of aromatic nitrogens is 1. The van der Waals surface area contributed by atoms with Gasteiger partial charge in [0.1, 0.15) is 8.55 Å². The summed E-state index contributed by atoms with van der Waals surface area (Å²) in [5.74, 6) is -4.29. The van der Waals surface area contributed by atoms with Crippen LogP contribution >= 0.6 is 22.9 Å². The van der Waals surface area contributed by atoms with Gasteiger partial charge in [0.2, 0.25) is 5.95 Å². The third-order valence-electron chi connectivity index (χ3n) is 7.34. The van der Waals surface area contributed by atoms with Crippen molar-refractivity contribution in [2.45, 2.75) is 35.8 Å². The zero-order chi connectivity index (χ0) is 29.5. The van der Waals surface area contributed by atoms with E-state index >= 15 is 0 Å². The molecule has 3 aromatic rings. The fraction of sp³-hybridized carbons (Fsp3) is 0.385. The van der Waals surface area contributed by atoms with Crippen LogP contribution in [0.15, 0.2) is 58.8 Å². The van der Waals surface area contributed by atoms with Crippen LogP contribution in [-0.4, -0.2) is 56.6 Å². The number of pyridine rings is 1. The molecule has 0 amide bonds. The molecule has 2 bridgehead atoms. The molecule has 0 unspecified atom stereocenters. The lowest BCUT2D eigenvalue weighted by molar-refractivity contribution is -0.199. The van der Waals surface area contributed by atoms with Gasteiger partial charge in [-0.3, -0.25) is 4.90 Å². The molecule has 2 aliphatic rings. The van der Waals surface area contributed by atoms with Gasteiger partial charge in [0.15, 0.2) is 5.82 Å². The Kier molecular flexibility index (Phi) is 8.21. The Morgan fingerprint density at radius 1 is 1.12 bits per heavy atom. The highest BCUT2D eigenvalue weighted by Gasteiger charge is 2.47. The summed E-state index contributed by atoms with van der Waals surface area (Å²) in [6, 6.07) is 14.2. The molecule has 1 saturated heterocycles. The molecule has 3 atom stereocenters. The van der Waals surface area contributed by atoms with E-state index < -0.39 is 38.1 Å². The minimum Gasteiger partial charge on any atom is -0.369 e. The second-order valence-electron chi connectivity index (χ2n) is 10.0. The number of hydrogen-bond donors (Lipinski definition) is 0. The molecule has 5 rings (SSSR count). The number of anilines is 2. The number of carbonyl (C=O) groups is 1. The highest BCUT2D eigenvalue weighted by atomic mass is 35.5. The predicted molar refractivity (Wildman–Crippen MR) is 145 cm³/mol. The van der Waals surface area contributed by atoms with Gasteiger partial charge in [-0.2, -0.15) is 31.0 Å². The summed E-state index contributed by atoms with van der Waals surface area (Å²) >= 11 is 7.08. The molecular formula is C26H25ClF4N4O4S2. The van der Waals surface area contributed by atoms with E-state index in [0.717, 1.165) is 50.7 Å². The van der Waals surface area contributed by atoms with Gasteiger partial charge in [-0.15, -0.1) is 11.3 Å². The maximum Gasteiger partial charge on any atom is 0.493 e. The van der Waals surface area contributed by atoms with E-state index in [-0.39, 0.29) is 14.8 Å². The molecule has 1 aliphatic heterocycles. The second kappa shape index (κ2) is 11.4. The van der Waals surface area contributed by atoms with Crippen LogP contribution < -0.4 is 9.37 Å². The fourth-order valence-electron chi connectivity index (χ4n) is 5.69. The quantitative estimate of drug-likeness (QED) is 0.184. The maximum absolute atomic E-state index is 13.8. The van der Waals surface area contributed by atoms with Crippen molar-refractivity contribution in [3.63, 3.8) is 0 Å². The number of carbonyl (C=O) groups excluding carboxylic acids is 1. The Morgan fingerprint density at radius 2 is 1.78 bits per heavy atom. The molecule has 0 N–H and O–H groups in total. The van der Waals surface area contributed by atoms with Crippen molar-refractivity contribution < 1.29 is 35.6 Å². The Labute approximate surface area is 243 Å². The number of alkyl halides is 3. The number of benzene rings is 1. The molecular weight excluding hydrogens is 608 g/mol. The summed E-state index contributed by atoms with van der Waals surface area (Å²) in [4.78, 5) is 23.4. The summed E-state index contributed by atoms with van der Waals surface area (Å²) in [5.41, 5.74) is 1.60. The molecule has 2 aromatic heterocycles. The van der Waals surface area contributed by atoms with Gasteiger partial charge >= 0.3 is 22.2 Å². The predicted octanol–water partition coefficient (Wildman–Crippen LogP) is 5.50. The van der Waals surface area contributed by atoms with Crippen LogP contribution in [0.2, 0.25) is 4.34 Å². The summed E-state index contributed by atoms with van der Waals surface area (Å²) in [6.45, 7) is 2.52. The maximum atomic E-state index is 13.8. The summed E-state index contributed by atoms with van der Waals surface area (Å²) in [6.07, 6.45) is -3.54. The van der Waals surface area contributed by atoms with E-state index in [1.54, 1.807) is 0 Å². The Balaban J connectivity index is 1.39. The van der Waals surface area contributed by atoms with Crippen LogP contribution in [0, 0.1) is 17.8 Å². The molecule has 1 aliphatic carbocycles. The first-order chi connectivity index (χ1) is 19.3. The SMILES string of the molecule is CN(c1cc(S(=O)(=O)N(OC(=O)C(F)(F)F)c2cccc(F)n2)sc1Cl)[C@@H]1[C@@H]2CC[C@H]1CN(Cc1ccccc1)C2. The average Bonchev–Trinajstić information content (AvgIpc) is 3.44. The van der Waals surface area contributed by atoms with E-state index in [4.69, 9.17) is 11.6 Å². The highest BCUT2D eigenvalue weighted by Crippen LogP contribution is 2.46. The highest BCUT2D eigenvalue weighted by molar-refractivity contribution is 7.94. The summed E-state index contributed by atoms with van der Waals surface area (Å²) < 4.78 is 78.9. The first-order valence-electron chi connectivity index (χ1n) is 12.6. The fourth-order valence-corrected chi connectivity index (χ4v) is 8.73. The smallest absolute Gasteiger partial charge is 0.369 e. The minimum absolute atomic E-state index is 0.0636. The molecule has 41 heavy (non-hydrogen) atoms. The number of piperidine rings is 1.